The molecule has 0 spiro atoms. The van der Waals surface area contributed by atoms with Gasteiger partial charge >= 0.3 is 6.09 Å². The second-order valence-corrected chi connectivity index (χ2v) is 8.06. The fourth-order valence-electron chi connectivity index (χ4n) is 3.34. The molecule has 1 saturated heterocycles. The van der Waals surface area contributed by atoms with Gasteiger partial charge in [-0.05, 0) is 32.9 Å². The van der Waals surface area contributed by atoms with Gasteiger partial charge in [-0.25, -0.2) is 13.6 Å². The Morgan fingerprint density at radius 2 is 1.90 bits per heavy atom. The van der Waals surface area contributed by atoms with Crippen LogP contribution in [0.1, 0.15) is 20.8 Å². The lowest BCUT2D eigenvalue weighted by molar-refractivity contribution is -0.117. The molecular weight excluding hydrogens is 398 g/mol. The van der Waals surface area contributed by atoms with Gasteiger partial charge in [0, 0.05) is 37.6 Å². The smallest absolute Gasteiger partial charge is 0.410 e. The summed E-state index contributed by atoms with van der Waals surface area (Å²) in [5.74, 6) is -2.48. The van der Waals surface area contributed by atoms with Crippen LogP contribution >= 0.6 is 0 Å². The molecule has 1 atom stereocenters. The fraction of sp³-hybridized carbons (Fsp3) is 0.450. The third-order valence-electron chi connectivity index (χ3n) is 4.56. The van der Waals surface area contributed by atoms with E-state index in [1.54, 1.807) is 25.7 Å². The number of hydrogen-bond acceptors (Lipinski definition) is 6. The number of nitrogens with zero attached hydrogens (tertiary/aromatic N) is 2. The summed E-state index contributed by atoms with van der Waals surface area (Å²) in [4.78, 5) is 28.3. The van der Waals surface area contributed by atoms with Crippen LogP contribution in [0.3, 0.4) is 0 Å². The molecule has 1 aromatic carbocycles. The first kappa shape index (κ1) is 21.5. The van der Waals surface area contributed by atoms with Crippen LogP contribution in [0.2, 0.25) is 0 Å². The zero-order chi connectivity index (χ0) is 22.1. The molecule has 162 valence electrons. The van der Waals surface area contributed by atoms with Gasteiger partial charge < -0.3 is 30.0 Å². The molecule has 2 amide bonds. The maximum absolute atomic E-state index is 13.4. The second-order valence-electron chi connectivity index (χ2n) is 8.06. The lowest BCUT2D eigenvalue weighted by atomic mass is 10.1. The highest BCUT2D eigenvalue weighted by atomic mass is 19.1. The SMILES string of the molecule is CC(C)(C)OC(=O)N1CCN2C(C=N)=C(C(=O)Nc3cc(F)cc(F)c3)OCC2C1. The minimum atomic E-state index is -0.825. The highest BCUT2D eigenvalue weighted by molar-refractivity contribution is 6.05. The Hall–Kier alpha value is -3.17. The van der Waals surface area contributed by atoms with Crippen LogP contribution in [0.4, 0.5) is 19.3 Å². The van der Waals surface area contributed by atoms with Crippen molar-refractivity contribution in [2.45, 2.75) is 32.4 Å². The highest BCUT2D eigenvalue weighted by Crippen LogP contribution is 2.26. The van der Waals surface area contributed by atoms with E-state index in [1.807, 2.05) is 4.90 Å². The van der Waals surface area contributed by atoms with Crippen LogP contribution in [0.15, 0.2) is 29.7 Å². The highest BCUT2D eigenvalue weighted by Gasteiger charge is 2.38. The first-order valence-electron chi connectivity index (χ1n) is 9.47. The number of halogens is 2. The Morgan fingerprint density at radius 3 is 2.50 bits per heavy atom. The normalized spacial score (nSPS) is 19.0. The number of carbonyl (C=O) groups is 2. The number of ether oxygens (including phenoxy) is 2. The number of rotatable bonds is 3. The van der Waals surface area contributed by atoms with Gasteiger partial charge in [0.1, 0.15) is 29.5 Å². The molecule has 1 unspecified atom stereocenters. The largest absolute Gasteiger partial charge is 0.484 e. The number of carbonyl (C=O) groups excluding carboxylic acids is 2. The summed E-state index contributed by atoms with van der Waals surface area (Å²) in [6.45, 7) is 6.52. The Kier molecular flexibility index (Phi) is 5.95. The van der Waals surface area contributed by atoms with E-state index in [0.29, 0.717) is 25.7 Å². The third kappa shape index (κ3) is 4.87. The van der Waals surface area contributed by atoms with Gasteiger partial charge in [-0.3, -0.25) is 4.79 Å². The Balaban J connectivity index is 1.74. The van der Waals surface area contributed by atoms with E-state index in [1.165, 1.54) is 0 Å². The Morgan fingerprint density at radius 1 is 1.23 bits per heavy atom. The first-order valence-corrected chi connectivity index (χ1v) is 9.47. The summed E-state index contributed by atoms with van der Waals surface area (Å²) in [6, 6.07) is 2.41. The average molecular weight is 422 g/mol. The van der Waals surface area contributed by atoms with Gasteiger partial charge in [0.05, 0.1) is 6.04 Å². The van der Waals surface area contributed by atoms with Gasteiger partial charge in [-0.15, -0.1) is 0 Å². The van der Waals surface area contributed by atoms with Crippen molar-refractivity contribution in [2.75, 3.05) is 31.6 Å². The van der Waals surface area contributed by atoms with Crippen molar-refractivity contribution in [3.8, 4) is 0 Å². The Labute approximate surface area is 172 Å². The zero-order valence-electron chi connectivity index (χ0n) is 17.0. The Bertz CT molecular complexity index is 877. The van der Waals surface area contributed by atoms with E-state index in [2.05, 4.69) is 5.32 Å². The van der Waals surface area contributed by atoms with Crippen molar-refractivity contribution < 1.29 is 27.8 Å². The summed E-state index contributed by atoms with van der Waals surface area (Å²) >= 11 is 0. The molecule has 0 aliphatic carbocycles. The minimum absolute atomic E-state index is 0.0604. The molecule has 3 rings (SSSR count). The monoisotopic (exact) mass is 422 g/mol. The minimum Gasteiger partial charge on any atom is -0.484 e. The van der Waals surface area contributed by atoms with E-state index in [9.17, 15) is 18.4 Å². The van der Waals surface area contributed by atoms with Crippen LogP contribution in [0.25, 0.3) is 0 Å². The number of benzene rings is 1. The molecule has 1 aromatic rings. The average Bonchev–Trinajstić information content (AvgIpc) is 2.64. The number of piperazine rings is 1. The zero-order valence-corrected chi connectivity index (χ0v) is 17.0. The molecule has 2 N–H and O–H groups in total. The molecule has 8 nitrogen and oxygen atoms in total. The molecule has 10 heteroatoms. The van der Waals surface area contributed by atoms with Crippen molar-refractivity contribution in [1.82, 2.24) is 9.80 Å². The number of fused-ring (bicyclic) bond motifs is 1. The molecule has 0 aromatic heterocycles. The summed E-state index contributed by atoms with van der Waals surface area (Å²) in [7, 11) is 0. The molecule has 2 aliphatic heterocycles. The van der Waals surface area contributed by atoms with Gasteiger partial charge in [0.15, 0.2) is 0 Å². The maximum atomic E-state index is 13.4. The van der Waals surface area contributed by atoms with E-state index in [-0.39, 0.29) is 29.8 Å². The molecule has 2 aliphatic rings. The molecule has 0 saturated carbocycles. The number of amides is 2. The van der Waals surface area contributed by atoms with Crippen LogP contribution < -0.4 is 5.32 Å². The van der Waals surface area contributed by atoms with Gasteiger partial charge in [0.2, 0.25) is 5.76 Å². The summed E-state index contributed by atoms with van der Waals surface area (Å²) < 4.78 is 37.7. The van der Waals surface area contributed by atoms with E-state index in [4.69, 9.17) is 14.9 Å². The van der Waals surface area contributed by atoms with Gasteiger partial charge in [0.25, 0.3) is 5.91 Å². The summed E-state index contributed by atoms with van der Waals surface area (Å²) in [5, 5.41) is 10.1. The maximum Gasteiger partial charge on any atom is 0.410 e. The van der Waals surface area contributed by atoms with Crippen molar-refractivity contribution in [1.29, 1.82) is 5.41 Å². The standard InChI is InChI=1S/C20H24F2N4O4/c1-20(2,3)30-19(28)25-4-5-26-15(10-25)11-29-17(16(26)9-23)18(27)24-14-7-12(21)6-13(22)8-14/h6-9,15,23H,4-5,10-11H2,1-3H3,(H,24,27). The topological polar surface area (TPSA) is 95.0 Å². The van der Waals surface area contributed by atoms with E-state index < -0.39 is 29.2 Å². The number of allylic oxidation sites excluding steroid dienone is 1. The van der Waals surface area contributed by atoms with Crippen molar-refractivity contribution in [3.63, 3.8) is 0 Å². The van der Waals surface area contributed by atoms with Crippen LogP contribution in [0.5, 0.6) is 0 Å². The van der Waals surface area contributed by atoms with Crippen molar-refractivity contribution >= 4 is 23.9 Å². The lowest BCUT2D eigenvalue weighted by Gasteiger charge is -2.45. The van der Waals surface area contributed by atoms with Crippen LogP contribution in [-0.2, 0) is 14.3 Å². The van der Waals surface area contributed by atoms with Crippen molar-refractivity contribution in [3.05, 3.63) is 41.3 Å². The second kappa shape index (κ2) is 8.29. The number of nitrogens with one attached hydrogen (secondary N) is 2. The number of anilines is 1. The predicted molar refractivity (Wildman–Crippen MR) is 105 cm³/mol. The predicted octanol–water partition coefficient (Wildman–Crippen LogP) is 2.72. The lowest BCUT2D eigenvalue weighted by Crippen LogP contribution is -2.58. The molecule has 30 heavy (non-hydrogen) atoms. The molecular formula is C20H24F2N4O4. The van der Waals surface area contributed by atoms with Crippen LogP contribution in [-0.4, -0.2) is 65.9 Å². The summed E-state index contributed by atoms with van der Waals surface area (Å²) in [6.07, 6.45) is 0.565. The van der Waals surface area contributed by atoms with Crippen LogP contribution in [0, 0.1) is 17.0 Å². The van der Waals surface area contributed by atoms with E-state index >= 15 is 0 Å². The summed E-state index contributed by atoms with van der Waals surface area (Å²) in [5.41, 5.74) is -0.432. The van der Waals surface area contributed by atoms with Crippen molar-refractivity contribution in [2.24, 2.45) is 0 Å². The van der Waals surface area contributed by atoms with Gasteiger partial charge in [-0.1, -0.05) is 0 Å². The third-order valence-corrected chi connectivity index (χ3v) is 4.56. The van der Waals surface area contributed by atoms with Gasteiger partial charge in [-0.2, -0.15) is 0 Å². The number of hydrogen-bond donors (Lipinski definition) is 2. The first-order chi connectivity index (χ1) is 14.1. The molecule has 0 radical (unpaired) electrons. The molecule has 2 heterocycles. The molecule has 0 bridgehead atoms. The molecule has 1 fully saturated rings. The van der Waals surface area contributed by atoms with E-state index in [0.717, 1.165) is 18.3 Å². The fourth-order valence-corrected chi connectivity index (χ4v) is 3.34. The quantitative estimate of drug-likeness (QED) is 0.731.